The Morgan fingerprint density at radius 1 is 1.28 bits per heavy atom. The monoisotopic (exact) mass is 439 g/mol. The predicted molar refractivity (Wildman–Crippen MR) is 125 cm³/mol. The third-order valence-electron chi connectivity index (χ3n) is 5.70. The molecule has 2 aromatic heterocycles. The topological polar surface area (TPSA) is 107 Å². The lowest BCUT2D eigenvalue weighted by atomic mass is 9.89. The van der Waals surface area contributed by atoms with Crippen molar-refractivity contribution in [3.63, 3.8) is 0 Å². The van der Waals surface area contributed by atoms with Crippen LogP contribution in [0.5, 0.6) is 5.75 Å². The quantitative estimate of drug-likeness (QED) is 0.519. The van der Waals surface area contributed by atoms with Crippen molar-refractivity contribution in [1.82, 2.24) is 14.6 Å². The summed E-state index contributed by atoms with van der Waals surface area (Å²) < 4.78 is 13.1. The summed E-state index contributed by atoms with van der Waals surface area (Å²) in [6.07, 6.45) is 3.14. The summed E-state index contributed by atoms with van der Waals surface area (Å²) in [5.74, 6) is 1.58. The molecule has 0 bridgehead atoms. The highest BCUT2D eigenvalue weighted by molar-refractivity contribution is 5.69. The Balaban J connectivity index is 1.74. The number of hydrogen-bond donors (Lipinski definition) is 3. The lowest BCUT2D eigenvalue weighted by molar-refractivity contribution is 0.0903. The fraction of sp³-hybridized carbons (Fsp3) is 0.500. The Kier molecular flexibility index (Phi) is 6.64. The van der Waals surface area contributed by atoms with E-state index < -0.39 is 6.10 Å². The van der Waals surface area contributed by atoms with Crippen LogP contribution in [0.1, 0.15) is 39.2 Å². The minimum absolute atomic E-state index is 0.0906. The molecule has 1 unspecified atom stereocenters. The van der Waals surface area contributed by atoms with Gasteiger partial charge in [-0.2, -0.15) is 9.61 Å². The number of aromatic nitrogens is 3. The largest absolute Gasteiger partial charge is 0.491 e. The zero-order chi connectivity index (χ0) is 22.7. The van der Waals surface area contributed by atoms with E-state index in [2.05, 4.69) is 31.2 Å². The molecule has 32 heavy (non-hydrogen) atoms. The van der Waals surface area contributed by atoms with Crippen LogP contribution in [0, 0.1) is 0 Å². The number of anilines is 1. The van der Waals surface area contributed by atoms with Gasteiger partial charge in [0.1, 0.15) is 24.3 Å². The molecular weight excluding hydrogens is 406 g/mol. The maximum Gasteiger partial charge on any atom is 0.161 e. The first-order chi connectivity index (χ1) is 15.3. The van der Waals surface area contributed by atoms with Crippen molar-refractivity contribution < 1.29 is 14.6 Å². The van der Waals surface area contributed by atoms with E-state index in [-0.39, 0.29) is 18.6 Å². The number of fused-ring (bicyclic) bond motifs is 1. The van der Waals surface area contributed by atoms with E-state index in [1.807, 2.05) is 41.0 Å². The Morgan fingerprint density at radius 2 is 2.06 bits per heavy atom. The highest BCUT2D eigenvalue weighted by atomic mass is 16.5. The number of nitrogens with zero attached hydrogens (tertiary/aromatic N) is 3. The fourth-order valence-corrected chi connectivity index (χ4v) is 3.80. The maximum atomic E-state index is 9.71. The van der Waals surface area contributed by atoms with Gasteiger partial charge in [-0.05, 0) is 30.4 Å². The second-order valence-corrected chi connectivity index (χ2v) is 9.33. The van der Waals surface area contributed by atoms with E-state index in [4.69, 9.17) is 20.2 Å². The van der Waals surface area contributed by atoms with Gasteiger partial charge in [0.05, 0.1) is 11.9 Å². The van der Waals surface area contributed by atoms with Crippen LogP contribution in [0.2, 0.25) is 0 Å². The van der Waals surface area contributed by atoms with Crippen LogP contribution in [-0.2, 0) is 10.2 Å². The van der Waals surface area contributed by atoms with Crippen LogP contribution in [0.15, 0.2) is 36.5 Å². The van der Waals surface area contributed by atoms with Gasteiger partial charge in [-0.3, -0.25) is 0 Å². The first-order valence-corrected chi connectivity index (χ1v) is 11.2. The molecule has 1 fully saturated rings. The lowest BCUT2D eigenvalue weighted by Gasteiger charge is -2.25. The van der Waals surface area contributed by atoms with Gasteiger partial charge >= 0.3 is 0 Å². The number of nitrogens with two attached hydrogens (primary N) is 1. The smallest absolute Gasteiger partial charge is 0.161 e. The molecule has 4 N–H and O–H groups in total. The highest BCUT2D eigenvalue weighted by Crippen LogP contribution is 2.31. The fourth-order valence-electron chi connectivity index (χ4n) is 3.80. The second kappa shape index (κ2) is 9.44. The molecule has 3 aromatic rings. The molecule has 0 aliphatic carbocycles. The number of benzene rings is 1. The Hall–Kier alpha value is -2.68. The Morgan fingerprint density at radius 3 is 2.78 bits per heavy atom. The van der Waals surface area contributed by atoms with Gasteiger partial charge in [-0.15, -0.1) is 0 Å². The molecule has 0 amide bonds. The summed E-state index contributed by atoms with van der Waals surface area (Å²) in [7, 11) is 0. The maximum absolute atomic E-state index is 9.71. The molecule has 1 aliphatic rings. The molecule has 0 radical (unpaired) electrons. The number of aliphatic hydroxyl groups is 1. The first kappa shape index (κ1) is 22.5. The highest BCUT2D eigenvalue weighted by Gasteiger charge is 2.23. The van der Waals surface area contributed by atoms with Crippen LogP contribution < -0.4 is 15.8 Å². The predicted octanol–water partition coefficient (Wildman–Crippen LogP) is 2.98. The number of ether oxygens (including phenoxy) is 2. The number of hydrogen-bond acceptors (Lipinski definition) is 7. The average Bonchev–Trinajstić information content (AvgIpc) is 3.23. The normalized spacial score (nSPS) is 16.3. The molecular formula is C24H33N5O3. The molecule has 1 atom stereocenters. The molecule has 1 saturated heterocycles. The first-order valence-electron chi connectivity index (χ1n) is 11.2. The van der Waals surface area contributed by atoms with Crippen molar-refractivity contribution >= 4 is 11.5 Å². The number of rotatable bonds is 7. The van der Waals surface area contributed by atoms with Gasteiger partial charge in [0, 0.05) is 43.0 Å². The van der Waals surface area contributed by atoms with E-state index in [0.717, 1.165) is 54.3 Å². The standard InChI is InChI=1S/C24H33N5O3/c1-24(2,3)20-14-26-29-22(27-17-7-9-31-10-8-17)12-21(28-23(20)29)16-5-4-6-19(11-16)32-15-18(30)13-25/h4-6,11-12,14,17-18,27,30H,7-10,13,15,25H2,1-3H3. The Labute approximate surface area is 188 Å². The lowest BCUT2D eigenvalue weighted by Crippen LogP contribution is -2.29. The van der Waals surface area contributed by atoms with Gasteiger partial charge < -0.3 is 25.6 Å². The molecule has 0 spiro atoms. The summed E-state index contributed by atoms with van der Waals surface area (Å²) in [5.41, 5.74) is 9.09. The molecule has 1 aromatic carbocycles. The van der Waals surface area contributed by atoms with Crippen molar-refractivity contribution in [3.8, 4) is 17.0 Å². The molecule has 1 aliphatic heterocycles. The van der Waals surface area contributed by atoms with E-state index in [0.29, 0.717) is 11.8 Å². The molecule has 3 heterocycles. The van der Waals surface area contributed by atoms with E-state index in [9.17, 15) is 5.11 Å². The van der Waals surface area contributed by atoms with Gasteiger partial charge in [-0.1, -0.05) is 32.9 Å². The molecule has 8 nitrogen and oxygen atoms in total. The molecule has 8 heteroatoms. The summed E-state index contributed by atoms with van der Waals surface area (Å²) in [6, 6.07) is 10.1. The van der Waals surface area contributed by atoms with Gasteiger partial charge in [0.15, 0.2) is 5.65 Å². The molecule has 0 saturated carbocycles. The molecule has 4 rings (SSSR count). The average molecular weight is 440 g/mol. The minimum Gasteiger partial charge on any atom is -0.491 e. The SMILES string of the molecule is CC(C)(C)c1cnn2c(NC3CCOCC3)cc(-c3cccc(OCC(O)CN)c3)nc12. The van der Waals surface area contributed by atoms with Crippen molar-refractivity contribution in [2.45, 2.75) is 51.2 Å². The molecule has 172 valence electrons. The van der Waals surface area contributed by atoms with E-state index >= 15 is 0 Å². The van der Waals surface area contributed by atoms with Crippen LogP contribution in [-0.4, -0.2) is 58.2 Å². The van der Waals surface area contributed by atoms with Crippen molar-refractivity contribution in [3.05, 3.63) is 42.1 Å². The summed E-state index contributed by atoms with van der Waals surface area (Å²) in [6.45, 7) is 8.34. The van der Waals surface area contributed by atoms with Crippen LogP contribution in [0.3, 0.4) is 0 Å². The van der Waals surface area contributed by atoms with Crippen LogP contribution >= 0.6 is 0 Å². The third kappa shape index (κ3) is 5.03. The Bertz CT molecular complexity index is 1050. The minimum atomic E-state index is -0.690. The summed E-state index contributed by atoms with van der Waals surface area (Å²) >= 11 is 0. The zero-order valence-electron chi connectivity index (χ0n) is 19.0. The summed E-state index contributed by atoms with van der Waals surface area (Å²) in [5, 5.41) is 18.0. The third-order valence-corrected chi connectivity index (χ3v) is 5.70. The van der Waals surface area contributed by atoms with Gasteiger partial charge in [-0.25, -0.2) is 4.98 Å². The summed E-state index contributed by atoms with van der Waals surface area (Å²) in [4.78, 5) is 4.99. The van der Waals surface area contributed by atoms with E-state index in [1.165, 1.54) is 0 Å². The van der Waals surface area contributed by atoms with Gasteiger partial charge in [0.25, 0.3) is 0 Å². The zero-order valence-corrected chi connectivity index (χ0v) is 19.0. The van der Waals surface area contributed by atoms with Crippen molar-refractivity contribution in [1.29, 1.82) is 0 Å². The van der Waals surface area contributed by atoms with E-state index in [1.54, 1.807) is 0 Å². The van der Waals surface area contributed by atoms with Crippen LogP contribution in [0.25, 0.3) is 16.9 Å². The second-order valence-electron chi connectivity index (χ2n) is 9.33. The number of nitrogens with one attached hydrogen (secondary N) is 1. The van der Waals surface area contributed by atoms with Gasteiger partial charge in [0.2, 0.25) is 0 Å². The number of aliphatic hydroxyl groups excluding tert-OH is 1. The van der Waals surface area contributed by atoms with Crippen molar-refractivity contribution in [2.24, 2.45) is 5.73 Å². The van der Waals surface area contributed by atoms with Crippen LogP contribution in [0.4, 0.5) is 5.82 Å². The van der Waals surface area contributed by atoms with Crippen molar-refractivity contribution in [2.75, 3.05) is 31.7 Å².